The van der Waals surface area contributed by atoms with Crippen molar-refractivity contribution in [1.29, 1.82) is 0 Å². The van der Waals surface area contributed by atoms with Crippen LogP contribution < -0.4 is 5.32 Å². The molecular formula is C15H23N. The van der Waals surface area contributed by atoms with Gasteiger partial charge in [0.1, 0.15) is 0 Å². The number of allylic oxidation sites excluding steroid dienone is 4. The first-order chi connectivity index (χ1) is 7.97. The average molecular weight is 217 g/mol. The highest BCUT2D eigenvalue weighted by molar-refractivity contribution is 5.14. The van der Waals surface area contributed by atoms with Gasteiger partial charge in [-0.25, -0.2) is 0 Å². The maximum atomic E-state index is 2.92. The second-order valence-electron chi connectivity index (χ2n) is 5.01. The van der Waals surface area contributed by atoms with Gasteiger partial charge >= 0.3 is 0 Å². The molecule has 0 spiro atoms. The van der Waals surface area contributed by atoms with Gasteiger partial charge in [0.05, 0.1) is 0 Å². The van der Waals surface area contributed by atoms with Crippen LogP contribution in [-0.4, -0.2) is 0 Å². The lowest BCUT2D eigenvalue weighted by Gasteiger charge is -2.24. The molecule has 16 heavy (non-hydrogen) atoms. The topological polar surface area (TPSA) is 12.0 Å². The fraction of sp³-hybridized carbons (Fsp3) is 0.600. The van der Waals surface area contributed by atoms with Crippen LogP contribution in [0.2, 0.25) is 0 Å². The summed E-state index contributed by atoms with van der Waals surface area (Å²) < 4.78 is 0. The molecule has 2 aliphatic carbocycles. The molecule has 0 radical (unpaired) electrons. The number of nitrogens with one attached hydrogen (secondary N) is 1. The van der Waals surface area contributed by atoms with E-state index in [9.17, 15) is 0 Å². The Hall–Kier alpha value is -0.980. The second-order valence-corrected chi connectivity index (χ2v) is 5.01. The summed E-state index contributed by atoms with van der Waals surface area (Å²) in [6.07, 6.45) is 22.4. The average Bonchev–Trinajstić information content (AvgIpc) is 2.61. The second kappa shape index (κ2) is 6.57. The summed E-state index contributed by atoms with van der Waals surface area (Å²) in [4.78, 5) is 0. The van der Waals surface area contributed by atoms with Crippen molar-refractivity contribution in [3.63, 3.8) is 0 Å². The summed E-state index contributed by atoms with van der Waals surface area (Å²) in [5.41, 5.74) is 0. The van der Waals surface area contributed by atoms with Crippen molar-refractivity contribution in [2.75, 3.05) is 0 Å². The van der Waals surface area contributed by atoms with Gasteiger partial charge in [-0.1, -0.05) is 57.1 Å². The van der Waals surface area contributed by atoms with Crippen LogP contribution in [-0.2, 0) is 0 Å². The molecule has 2 fully saturated rings. The van der Waals surface area contributed by atoms with E-state index in [-0.39, 0.29) is 0 Å². The van der Waals surface area contributed by atoms with E-state index in [1.165, 1.54) is 31.1 Å². The van der Waals surface area contributed by atoms with Crippen LogP contribution in [0.4, 0.5) is 0 Å². The molecular weight excluding hydrogens is 194 g/mol. The summed E-state index contributed by atoms with van der Waals surface area (Å²) in [6.45, 7) is 0. The van der Waals surface area contributed by atoms with E-state index in [2.05, 4.69) is 5.32 Å². The van der Waals surface area contributed by atoms with Crippen molar-refractivity contribution in [3.05, 3.63) is 36.7 Å². The van der Waals surface area contributed by atoms with Crippen molar-refractivity contribution < 1.29 is 0 Å². The van der Waals surface area contributed by atoms with E-state index in [4.69, 9.17) is 0 Å². The molecule has 1 N–H and O–H groups in total. The molecule has 1 heteroatoms. The largest absolute Gasteiger partial charge is 0.368 e. The summed E-state index contributed by atoms with van der Waals surface area (Å²) in [5.74, 6) is 2.33. The first kappa shape index (κ1) is 11.5. The Bertz CT molecular complexity index is 249. The van der Waals surface area contributed by atoms with E-state index < -0.39 is 0 Å². The van der Waals surface area contributed by atoms with Gasteiger partial charge in [-0.05, 0) is 24.0 Å². The normalized spacial score (nSPS) is 31.0. The van der Waals surface area contributed by atoms with Crippen LogP contribution in [0.5, 0.6) is 0 Å². The van der Waals surface area contributed by atoms with Crippen molar-refractivity contribution >= 4 is 0 Å². The Balaban J connectivity index is 0.000000125. The molecule has 0 saturated heterocycles. The zero-order valence-electron chi connectivity index (χ0n) is 10.1. The number of fused-ring (bicyclic) bond motifs is 1. The lowest BCUT2D eigenvalue weighted by Crippen LogP contribution is -2.12. The molecule has 88 valence electrons. The number of hydrogen-bond acceptors (Lipinski definition) is 1. The molecule has 3 rings (SSSR count). The monoisotopic (exact) mass is 217 g/mol. The third kappa shape index (κ3) is 3.55. The minimum atomic E-state index is 1.17. The van der Waals surface area contributed by atoms with Gasteiger partial charge in [-0.2, -0.15) is 0 Å². The number of rotatable bonds is 0. The highest BCUT2D eigenvalue weighted by atomic mass is 14.8. The first-order valence-corrected chi connectivity index (χ1v) is 6.71. The van der Waals surface area contributed by atoms with E-state index in [0.29, 0.717) is 0 Å². The standard InChI is InChI=1S/C9H16.C6H7N/c1-2-5-9-7-3-6-8(9)4-1;1-2-4-6-7-5-3-1/h8-9H,1-7H2;1-7H. The molecule has 0 amide bonds. The summed E-state index contributed by atoms with van der Waals surface area (Å²) >= 11 is 0. The third-order valence-electron chi connectivity index (χ3n) is 3.93. The predicted molar refractivity (Wildman–Crippen MR) is 69.9 cm³/mol. The number of hydrogen-bond donors (Lipinski definition) is 1. The van der Waals surface area contributed by atoms with Crippen molar-refractivity contribution in [3.8, 4) is 0 Å². The van der Waals surface area contributed by atoms with E-state index in [1.54, 1.807) is 25.7 Å². The molecule has 0 bridgehead atoms. The Morgan fingerprint density at radius 2 is 1.12 bits per heavy atom. The molecule has 0 aromatic carbocycles. The summed E-state index contributed by atoms with van der Waals surface area (Å²) in [6, 6.07) is 0. The Morgan fingerprint density at radius 3 is 1.69 bits per heavy atom. The van der Waals surface area contributed by atoms with E-state index in [1.807, 2.05) is 36.7 Å². The zero-order chi connectivity index (χ0) is 11.1. The van der Waals surface area contributed by atoms with Gasteiger partial charge in [0.2, 0.25) is 0 Å². The molecule has 1 heterocycles. The lowest BCUT2D eigenvalue weighted by atomic mass is 9.82. The Kier molecular flexibility index (Phi) is 4.72. The van der Waals surface area contributed by atoms with Gasteiger partial charge in [0.25, 0.3) is 0 Å². The van der Waals surface area contributed by atoms with Gasteiger partial charge in [0, 0.05) is 12.4 Å². The minimum absolute atomic E-state index is 1.17. The van der Waals surface area contributed by atoms with Crippen LogP contribution in [0, 0.1) is 11.8 Å². The fourth-order valence-electron chi connectivity index (χ4n) is 3.09. The van der Waals surface area contributed by atoms with E-state index >= 15 is 0 Å². The third-order valence-corrected chi connectivity index (χ3v) is 3.93. The molecule has 2 atom stereocenters. The summed E-state index contributed by atoms with van der Waals surface area (Å²) in [7, 11) is 0. The highest BCUT2D eigenvalue weighted by Gasteiger charge is 2.28. The Morgan fingerprint density at radius 1 is 0.625 bits per heavy atom. The van der Waals surface area contributed by atoms with Crippen molar-refractivity contribution in [2.45, 2.75) is 44.9 Å². The van der Waals surface area contributed by atoms with Gasteiger partial charge in [0.15, 0.2) is 0 Å². The lowest BCUT2D eigenvalue weighted by molar-refractivity contribution is 0.277. The maximum absolute atomic E-state index is 2.92. The smallest absolute Gasteiger partial charge is 0.000442 e. The SMILES string of the molecule is C1=CC=CNC=C1.C1CCC2CCCC2C1. The molecule has 1 aliphatic heterocycles. The molecule has 2 unspecified atom stereocenters. The van der Waals surface area contributed by atoms with Crippen LogP contribution in [0.25, 0.3) is 0 Å². The van der Waals surface area contributed by atoms with Gasteiger partial charge < -0.3 is 5.32 Å². The molecule has 3 aliphatic rings. The van der Waals surface area contributed by atoms with E-state index in [0.717, 1.165) is 0 Å². The van der Waals surface area contributed by atoms with Crippen molar-refractivity contribution in [2.24, 2.45) is 11.8 Å². The Labute approximate surface area is 99.3 Å². The van der Waals surface area contributed by atoms with Crippen molar-refractivity contribution in [1.82, 2.24) is 5.32 Å². The fourth-order valence-corrected chi connectivity index (χ4v) is 3.09. The molecule has 0 aromatic heterocycles. The highest BCUT2D eigenvalue weighted by Crippen LogP contribution is 2.41. The molecule has 2 saturated carbocycles. The maximum Gasteiger partial charge on any atom is 0.000442 e. The summed E-state index contributed by atoms with van der Waals surface area (Å²) in [5, 5.41) is 2.92. The van der Waals surface area contributed by atoms with Gasteiger partial charge in [-0.15, -0.1) is 0 Å². The van der Waals surface area contributed by atoms with Crippen LogP contribution in [0.1, 0.15) is 44.9 Å². The zero-order valence-corrected chi connectivity index (χ0v) is 10.1. The minimum Gasteiger partial charge on any atom is -0.368 e. The quantitative estimate of drug-likeness (QED) is 0.642. The van der Waals surface area contributed by atoms with Crippen LogP contribution in [0.3, 0.4) is 0 Å². The first-order valence-electron chi connectivity index (χ1n) is 6.71. The molecule has 1 nitrogen and oxygen atoms in total. The molecule has 0 aromatic rings. The predicted octanol–water partition coefficient (Wildman–Crippen LogP) is 4.15. The van der Waals surface area contributed by atoms with Crippen LogP contribution >= 0.6 is 0 Å². The van der Waals surface area contributed by atoms with Crippen LogP contribution in [0.15, 0.2) is 36.7 Å². The van der Waals surface area contributed by atoms with Gasteiger partial charge in [-0.3, -0.25) is 0 Å².